The third kappa shape index (κ3) is 35.6. The van der Waals surface area contributed by atoms with Crippen molar-refractivity contribution in [3.05, 3.63) is 24.3 Å². The highest BCUT2D eigenvalue weighted by Gasteiger charge is 2.28. The van der Waals surface area contributed by atoms with E-state index in [9.17, 15) is 14.2 Å². The van der Waals surface area contributed by atoms with Crippen molar-refractivity contribution >= 4 is 19.8 Å². The van der Waals surface area contributed by atoms with Crippen LogP contribution in [0.15, 0.2) is 24.3 Å². The Kier molecular flexibility index (Phi) is 38.1. The lowest BCUT2D eigenvalue weighted by molar-refractivity contribution is -0.161. The van der Waals surface area contributed by atoms with Gasteiger partial charge < -0.3 is 9.47 Å². The number of phosphoric acid groups is 1. The van der Waals surface area contributed by atoms with E-state index in [0.717, 1.165) is 64.2 Å². The van der Waals surface area contributed by atoms with Gasteiger partial charge in [-0.15, -0.1) is 0 Å². The molecule has 0 radical (unpaired) electrons. The Labute approximate surface area is 320 Å². The third-order valence-corrected chi connectivity index (χ3v) is 10.5. The van der Waals surface area contributed by atoms with Gasteiger partial charge in [-0.3, -0.25) is 23.2 Å². The molecule has 0 aromatic heterocycles. The van der Waals surface area contributed by atoms with E-state index >= 15 is 0 Å². The molecule has 0 N–H and O–H groups in total. The second-order valence-electron chi connectivity index (χ2n) is 14.2. The van der Waals surface area contributed by atoms with Gasteiger partial charge in [0.2, 0.25) is 0 Å². The van der Waals surface area contributed by atoms with Crippen LogP contribution in [0.1, 0.15) is 207 Å². The first-order valence-corrected chi connectivity index (χ1v) is 23.0. The van der Waals surface area contributed by atoms with E-state index in [4.69, 9.17) is 23.0 Å². The number of unbranched alkanes of at least 4 members (excludes halogenated alkanes) is 22. The fourth-order valence-electron chi connectivity index (χ4n) is 5.82. The van der Waals surface area contributed by atoms with Gasteiger partial charge in [0.05, 0.1) is 13.2 Å². The Hall–Kier alpha value is -1.47. The zero-order valence-corrected chi connectivity index (χ0v) is 35.1. The lowest BCUT2D eigenvalue weighted by Crippen LogP contribution is -2.29. The van der Waals surface area contributed by atoms with Crippen LogP contribution in [0.2, 0.25) is 0 Å². The van der Waals surface area contributed by atoms with Crippen LogP contribution in [0.4, 0.5) is 0 Å². The molecule has 8 nitrogen and oxygen atoms in total. The number of hydrogen-bond acceptors (Lipinski definition) is 8. The number of hydrogen-bond donors (Lipinski definition) is 0. The van der Waals surface area contributed by atoms with Gasteiger partial charge in [-0.2, -0.15) is 0 Å². The van der Waals surface area contributed by atoms with E-state index < -0.39 is 13.9 Å². The zero-order chi connectivity index (χ0) is 38.2. The van der Waals surface area contributed by atoms with Crippen LogP contribution in [0.5, 0.6) is 0 Å². The fourth-order valence-corrected chi connectivity index (χ4v) is 6.86. The third-order valence-electron chi connectivity index (χ3n) is 9.11. The minimum Gasteiger partial charge on any atom is -0.462 e. The van der Waals surface area contributed by atoms with Crippen molar-refractivity contribution in [2.45, 2.75) is 213 Å². The van der Waals surface area contributed by atoms with E-state index in [1.54, 1.807) is 0 Å². The number of carbonyl (C=O) groups is 2. The predicted molar refractivity (Wildman–Crippen MR) is 217 cm³/mol. The van der Waals surface area contributed by atoms with Gasteiger partial charge in [0.15, 0.2) is 6.10 Å². The predicted octanol–water partition coefficient (Wildman–Crippen LogP) is 13.7. The number of rotatable bonds is 40. The molecule has 306 valence electrons. The Morgan fingerprint density at radius 3 is 1.33 bits per heavy atom. The topological polar surface area (TPSA) is 97.4 Å². The van der Waals surface area contributed by atoms with Crippen LogP contribution < -0.4 is 0 Å². The van der Waals surface area contributed by atoms with E-state index in [1.807, 2.05) is 6.92 Å². The highest BCUT2D eigenvalue weighted by atomic mass is 31.2. The smallest absolute Gasteiger partial charge is 0.462 e. The average Bonchev–Trinajstić information content (AvgIpc) is 3.15. The molecule has 0 fully saturated rings. The first-order chi connectivity index (χ1) is 25.4. The van der Waals surface area contributed by atoms with Gasteiger partial charge in [0.25, 0.3) is 0 Å². The molecule has 0 aromatic carbocycles. The quantitative estimate of drug-likeness (QED) is 0.0264. The van der Waals surface area contributed by atoms with E-state index in [0.29, 0.717) is 12.8 Å². The molecule has 0 aliphatic rings. The van der Waals surface area contributed by atoms with E-state index in [1.165, 1.54) is 110 Å². The van der Waals surface area contributed by atoms with E-state index in [2.05, 4.69) is 38.2 Å². The monoisotopic (exact) mass is 757 g/mol. The Bertz CT molecular complexity index is 906. The maximum atomic E-state index is 12.7. The summed E-state index contributed by atoms with van der Waals surface area (Å²) in [6.45, 7) is 6.17. The van der Waals surface area contributed by atoms with Crippen molar-refractivity contribution in [3.8, 4) is 0 Å². The molecule has 0 spiro atoms. The molecule has 52 heavy (non-hydrogen) atoms. The Balaban J connectivity index is 4.29. The summed E-state index contributed by atoms with van der Waals surface area (Å²) >= 11 is 0. The van der Waals surface area contributed by atoms with Gasteiger partial charge in [0.1, 0.15) is 6.61 Å². The van der Waals surface area contributed by atoms with Crippen molar-refractivity contribution < 1.29 is 37.2 Å². The zero-order valence-electron chi connectivity index (χ0n) is 34.2. The SMILES string of the molecule is CCCCCCCC/C=C/CCCCCCCC(=O)OC[C@H](COP(=O)(OC)OCCC)OC(=O)CCCCCCC/C=C/CCCCCCCC. The first kappa shape index (κ1) is 50.5. The van der Waals surface area contributed by atoms with Crippen molar-refractivity contribution in [2.24, 2.45) is 0 Å². The fraction of sp³-hybridized carbons (Fsp3) is 0.860. The summed E-state index contributed by atoms with van der Waals surface area (Å²) < 4.78 is 39.5. The van der Waals surface area contributed by atoms with Crippen molar-refractivity contribution in [2.75, 3.05) is 26.9 Å². The van der Waals surface area contributed by atoms with Crippen molar-refractivity contribution in [1.29, 1.82) is 0 Å². The first-order valence-electron chi connectivity index (χ1n) is 21.5. The minimum absolute atomic E-state index is 0.167. The largest absolute Gasteiger partial charge is 0.474 e. The van der Waals surface area contributed by atoms with Gasteiger partial charge in [-0.05, 0) is 70.6 Å². The molecule has 0 aliphatic heterocycles. The molecule has 0 saturated heterocycles. The summed E-state index contributed by atoms with van der Waals surface area (Å²) in [4.78, 5) is 25.1. The highest BCUT2D eigenvalue weighted by molar-refractivity contribution is 7.48. The maximum Gasteiger partial charge on any atom is 0.474 e. The summed E-state index contributed by atoms with van der Waals surface area (Å²) in [5, 5.41) is 0. The van der Waals surface area contributed by atoms with Crippen LogP contribution in [-0.2, 0) is 37.2 Å². The summed E-state index contributed by atoms with van der Waals surface area (Å²) in [7, 11) is -2.55. The molecular formula is C43H81O8P. The normalized spacial score (nSPS) is 13.5. The standard InChI is InChI=1S/C43H81O8P/c1-5-8-10-12-14-16-18-20-22-24-26-28-30-32-34-36-42(44)48-39-41(40-50-52(46,47-4)49-38-7-3)51-43(45)37-35-33-31-29-27-25-23-21-19-17-15-13-11-9-6-2/h20-23,41H,5-19,24-40H2,1-4H3/b22-20+,23-21+/t41-,52?/m1/s1. The Morgan fingerprint density at radius 2 is 0.904 bits per heavy atom. The second kappa shape index (κ2) is 39.2. The highest BCUT2D eigenvalue weighted by Crippen LogP contribution is 2.48. The molecule has 0 amide bonds. The lowest BCUT2D eigenvalue weighted by atomic mass is 10.1. The number of esters is 2. The van der Waals surface area contributed by atoms with Gasteiger partial charge in [-0.25, -0.2) is 4.57 Å². The summed E-state index contributed by atoms with van der Waals surface area (Å²) in [6, 6.07) is 0. The molecule has 9 heteroatoms. The molecule has 0 saturated carbocycles. The van der Waals surface area contributed by atoms with Crippen molar-refractivity contribution in [1.82, 2.24) is 0 Å². The Morgan fingerprint density at radius 1 is 0.500 bits per heavy atom. The van der Waals surface area contributed by atoms with Gasteiger partial charge in [-0.1, -0.05) is 148 Å². The molecule has 0 heterocycles. The second-order valence-corrected chi connectivity index (χ2v) is 16.0. The van der Waals surface area contributed by atoms with Gasteiger partial charge in [0, 0.05) is 20.0 Å². The van der Waals surface area contributed by atoms with E-state index in [-0.39, 0.29) is 38.2 Å². The summed E-state index contributed by atoms with van der Waals surface area (Å²) in [5.41, 5.74) is 0. The minimum atomic E-state index is -3.80. The van der Waals surface area contributed by atoms with Crippen LogP contribution in [0, 0.1) is 0 Å². The van der Waals surface area contributed by atoms with Crippen molar-refractivity contribution in [3.63, 3.8) is 0 Å². The molecule has 0 rings (SSSR count). The van der Waals surface area contributed by atoms with Crippen LogP contribution in [-0.4, -0.2) is 45.0 Å². The van der Waals surface area contributed by atoms with Crippen LogP contribution >= 0.6 is 7.82 Å². The lowest BCUT2D eigenvalue weighted by Gasteiger charge is -2.21. The van der Waals surface area contributed by atoms with Gasteiger partial charge >= 0.3 is 19.8 Å². The number of allylic oxidation sites excluding steroid dienone is 4. The summed E-state index contributed by atoms with van der Waals surface area (Å²) in [5.74, 6) is -0.727. The molecule has 0 aromatic rings. The molecule has 0 bridgehead atoms. The number of phosphoric ester groups is 1. The molecule has 2 atom stereocenters. The summed E-state index contributed by atoms with van der Waals surface area (Å²) in [6.07, 6.45) is 40.5. The molecular weight excluding hydrogens is 675 g/mol. The number of carbonyl (C=O) groups excluding carboxylic acids is 2. The molecule has 0 aliphatic carbocycles. The number of ether oxygens (including phenoxy) is 2. The van der Waals surface area contributed by atoms with Crippen LogP contribution in [0.3, 0.4) is 0 Å². The average molecular weight is 757 g/mol. The van der Waals surface area contributed by atoms with Crippen LogP contribution in [0.25, 0.3) is 0 Å². The maximum absolute atomic E-state index is 12.7. The molecule has 1 unspecified atom stereocenters.